The zero-order valence-electron chi connectivity index (χ0n) is 9.63. The van der Waals surface area contributed by atoms with Gasteiger partial charge in [-0.3, -0.25) is 4.90 Å². The molecule has 1 N–H and O–H groups in total. The number of hydrogen-bond acceptors (Lipinski definition) is 3. The van der Waals surface area contributed by atoms with E-state index < -0.39 is 0 Å². The lowest BCUT2D eigenvalue weighted by Gasteiger charge is -2.48. The number of aliphatic hydroxyl groups is 1. The van der Waals surface area contributed by atoms with Crippen molar-refractivity contribution in [2.24, 2.45) is 11.8 Å². The molecule has 1 aliphatic carbocycles. The van der Waals surface area contributed by atoms with Gasteiger partial charge in [0.2, 0.25) is 0 Å². The Bertz CT molecular complexity index is 307. The monoisotopic (exact) mass is 225 g/mol. The summed E-state index contributed by atoms with van der Waals surface area (Å²) >= 11 is 0. The molecule has 0 spiro atoms. The molecule has 0 aromatic rings. The van der Waals surface area contributed by atoms with Gasteiger partial charge >= 0.3 is 6.09 Å². The van der Waals surface area contributed by atoms with Crippen LogP contribution < -0.4 is 0 Å². The first-order chi connectivity index (χ1) is 7.68. The third-order valence-corrected chi connectivity index (χ3v) is 4.69. The highest BCUT2D eigenvalue weighted by atomic mass is 16.6. The van der Waals surface area contributed by atoms with E-state index in [0.717, 1.165) is 25.7 Å². The molecule has 4 heteroatoms. The normalized spacial score (nSPS) is 47.2. The Morgan fingerprint density at radius 2 is 2.19 bits per heavy atom. The van der Waals surface area contributed by atoms with Crippen LogP contribution in [0.3, 0.4) is 0 Å². The van der Waals surface area contributed by atoms with Crippen molar-refractivity contribution in [3.8, 4) is 0 Å². The zero-order valence-corrected chi connectivity index (χ0v) is 9.63. The summed E-state index contributed by atoms with van der Waals surface area (Å²) in [7, 11) is 0. The Morgan fingerprint density at radius 1 is 1.38 bits per heavy atom. The summed E-state index contributed by atoms with van der Waals surface area (Å²) in [6.07, 6.45) is 3.74. The van der Waals surface area contributed by atoms with Gasteiger partial charge in [-0.1, -0.05) is 6.42 Å². The quantitative estimate of drug-likeness (QED) is 0.677. The van der Waals surface area contributed by atoms with Gasteiger partial charge in [0.25, 0.3) is 0 Å². The van der Waals surface area contributed by atoms with Gasteiger partial charge in [-0.2, -0.15) is 0 Å². The smallest absolute Gasteiger partial charge is 0.410 e. The average molecular weight is 225 g/mol. The van der Waals surface area contributed by atoms with Crippen molar-refractivity contribution in [1.29, 1.82) is 0 Å². The molecule has 5 atom stereocenters. The largest absolute Gasteiger partial charge is 0.447 e. The number of fused-ring (bicyclic) bond motifs is 2. The fourth-order valence-corrected chi connectivity index (χ4v) is 3.88. The lowest BCUT2D eigenvalue weighted by atomic mass is 9.68. The SMILES string of the molecule is C[C@H]1C2CCCC(O)C2C[C@@H]2COC(=O)N21. The Morgan fingerprint density at radius 3 is 3.00 bits per heavy atom. The van der Waals surface area contributed by atoms with Crippen LogP contribution in [0, 0.1) is 11.8 Å². The molecule has 0 radical (unpaired) electrons. The lowest BCUT2D eigenvalue weighted by Crippen LogP contribution is -2.55. The second kappa shape index (κ2) is 3.62. The van der Waals surface area contributed by atoms with Crippen molar-refractivity contribution >= 4 is 6.09 Å². The minimum atomic E-state index is -0.168. The van der Waals surface area contributed by atoms with Crippen molar-refractivity contribution in [2.45, 2.75) is 50.8 Å². The Hall–Kier alpha value is -0.770. The number of rotatable bonds is 0. The van der Waals surface area contributed by atoms with E-state index in [-0.39, 0.29) is 24.3 Å². The standard InChI is InChI=1S/C12H19NO3/c1-7-9-3-2-4-11(14)10(9)5-8-6-16-12(15)13(7)8/h7-11,14H,2-6H2,1H3/t7-,8+,9?,10?,11?/m0/s1. The molecule has 3 unspecified atom stereocenters. The van der Waals surface area contributed by atoms with E-state index in [2.05, 4.69) is 6.92 Å². The number of piperidine rings is 1. The maximum atomic E-state index is 11.6. The predicted octanol–water partition coefficient (Wildman–Crippen LogP) is 1.38. The molecule has 0 aromatic carbocycles. The summed E-state index contributed by atoms with van der Waals surface area (Å²) in [5.74, 6) is 0.838. The minimum Gasteiger partial charge on any atom is -0.447 e. The van der Waals surface area contributed by atoms with Crippen LogP contribution in [0.2, 0.25) is 0 Å². The number of carbonyl (C=O) groups excluding carboxylic acids is 1. The van der Waals surface area contributed by atoms with Crippen molar-refractivity contribution in [3.05, 3.63) is 0 Å². The van der Waals surface area contributed by atoms with Crippen molar-refractivity contribution < 1.29 is 14.6 Å². The third-order valence-electron chi connectivity index (χ3n) is 4.69. The fraction of sp³-hybridized carbons (Fsp3) is 0.917. The molecule has 4 nitrogen and oxygen atoms in total. The highest BCUT2D eigenvalue weighted by molar-refractivity contribution is 5.70. The van der Waals surface area contributed by atoms with Crippen LogP contribution in [0.1, 0.15) is 32.6 Å². The van der Waals surface area contributed by atoms with Gasteiger partial charge in [0, 0.05) is 6.04 Å². The molecule has 2 heterocycles. The molecule has 0 aromatic heterocycles. The number of hydrogen-bond donors (Lipinski definition) is 1. The Labute approximate surface area is 95.6 Å². The third kappa shape index (κ3) is 1.35. The molecular weight excluding hydrogens is 206 g/mol. The maximum Gasteiger partial charge on any atom is 0.410 e. The minimum absolute atomic E-state index is 0.156. The number of carbonyl (C=O) groups is 1. The maximum absolute atomic E-state index is 11.6. The second-order valence-electron chi connectivity index (χ2n) is 5.44. The number of ether oxygens (including phenoxy) is 1. The number of cyclic esters (lactones) is 1. The zero-order chi connectivity index (χ0) is 11.3. The van der Waals surface area contributed by atoms with Crippen LogP contribution in [0.15, 0.2) is 0 Å². The summed E-state index contributed by atoms with van der Waals surface area (Å²) in [4.78, 5) is 13.5. The van der Waals surface area contributed by atoms with Crippen LogP contribution in [0.5, 0.6) is 0 Å². The number of amides is 1. The molecule has 2 saturated heterocycles. The van der Waals surface area contributed by atoms with Crippen LogP contribution in [-0.4, -0.2) is 40.9 Å². The fourth-order valence-electron chi connectivity index (χ4n) is 3.88. The van der Waals surface area contributed by atoms with Gasteiger partial charge in [0.15, 0.2) is 0 Å². The van der Waals surface area contributed by atoms with Gasteiger partial charge in [0.1, 0.15) is 6.61 Å². The van der Waals surface area contributed by atoms with E-state index in [1.807, 2.05) is 4.90 Å². The van der Waals surface area contributed by atoms with Gasteiger partial charge in [-0.15, -0.1) is 0 Å². The average Bonchev–Trinajstić information content (AvgIpc) is 2.63. The van der Waals surface area contributed by atoms with E-state index >= 15 is 0 Å². The molecule has 90 valence electrons. The van der Waals surface area contributed by atoms with Crippen molar-refractivity contribution in [2.75, 3.05) is 6.61 Å². The van der Waals surface area contributed by atoms with Crippen LogP contribution in [0.4, 0.5) is 4.79 Å². The molecule has 3 rings (SSSR count). The number of nitrogens with zero attached hydrogens (tertiary/aromatic N) is 1. The summed E-state index contributed by atoms with van der Waals surface area (Å²) in [6, 6.07) is 0.435. The highest BCUT2D eigenvalue weighted by Gasteiger charge is 2.49. The van der Waals surface area contributed by atoms with Gasteiger partial charge in [-0.05, 0) is 38.0 Å². The molecule has 0 bridgehead atoms. The first kappa shape index (κ1) is 10.4. The summed E-state index contributed by atoms with van der Waals surface area (Å²) < 4.78 is 5.12. The van der Waals surface area contributed by atoms with Crippen LogP contribution in [-0.2, 0) is 4.74 Å². The summed E-state index contributed by atoms with van der Waals surface area (Å²) in [5, 5.41) is 10.1. The predicted molar refractivity (Wildman–Crippen MR) is 57.9 cm³/mol. The molecule has 3 fully saturated rings. The van der Waals surface area contributed by atoms with Crippen LogP contribution >= 0.6 is 0 Å². The van der Waals surface area contributed by atoms with E-state index in [1.54, 1.807) is 0 Å². The van der Waals surface area contributed by atoms with E-state index in [4.69, 9.17) is 4.74 Å². The number of aliphatic hydroxyl groups excluding tert-OH is 1. The first-order valence-corrected chi connectivity index (χ1v) is 6.31. The molecule has 1 saturated carbocycles. The van der Waals surface area contributed by atoms with E-state index in [1.165, 1.54) is 0 Å². The van der Waals surface area contributed by atoms with Crippen molar-refractivity contribution in [1.82, 2.24) is 4.90 Å². The molecule has 1 amide bonds. The summed E-state index contributed by atoms with van der Waals surface area (Å²) in [5.41, 5.74) is 0. The summed E-state index contributed by atoms with van der Waals surface area (Å²) in [6.45, 7) is 2.62. The lowest BCUT2D eigenvalue weighted by molar-refractivity contribution is -0.0415. The van der Waals surface area contributed by atoms with Gasteiger partial charge < -0.3 is 9.84 Å². The molecular formula is C12H19NO3. The molecule has 3 aliphatic rings. The van der Waals surface area contributed by atoms with Gasteiger partial charge in [-0.25, -0.2) is 4.79 Å². The Kier molecular flexibility index (Phi) is 2.35. The van der Waals surface area contributed by atoms with E-state index in [0.29, 0.717) is 18.4 Å². The topological polar surface area (TPSA) is 49.8 Å². The Balaban J connectivity index is 1.85. The first-order valence-electron chi connectivity index (χ1n) is 6.31. The molecule has 16 heavy (non-hydrogen) atoms. The van der Waals surface area contributed by atoms with E-state index in [9.17, 15) is 9.90 Å². The van der Waals surface area contributed by atoms with Crippen LogP contribution in [0.25, 0.3) is 0 Å². The highest BCUT2D eigenvalue weighted by Crippen LogP contribution is 2.43. The van der Waals surface area contributed by atoms with Gasteiger partial charge in [0.05, 0.1) is 12.1 Å². The second-order valence-corrected chi connectivity index (χ2v) is 5.44. The molecule has 2 aliphatic heterocycles. The van der Waals surface area contributed by atoms with Crippen molar-refractivity contribution in [3.63, 3.8) is 0 Å².